The molecule has 0 aliphatic heterocycles. The van der Waals surface area contributed by atoms with Crippen LogP contribution in [0.15, 0.2) is 30.3 Å². The molecule has 0 aliphatic carbocycles. The summed E-state index contributed by atoms with van der Waals surface area (Å²) in [6.45, 7) is 2.82. The molecule has 0 fully saturated rings. The van der Waals surface area contributed by atoms with Gasteiger partial charge in [0, 0.05) is 0 Å². The number of rotatable bonds is 12. The van der Waals surface area contributed by atoms with E-state index in [1.165, 1.54) is 51.4 Å². The molecule has 0 bridgehead atoms. The predicted molar refractivity (Wildman–Crippen MR) is 88.3 cm³/mol. The molecule has 1 aromatic carbocycles. The van der Waals surface area contributed by atoms with Crippen LogP contribution in [0.4, 0.5) is 0 Å². The summed E-state index contributed by atoms with van der Waals surface area (Å²) in [5.41, 5.74) is 1.02. The number of hydrogen-bond donors (Lipinski definition) is 0. The molecule has 0 radical (unpaired) electrons. The third-order valence-electron chi connectivity index (χ3n) is 3.70. The van der Waals surface area contributed by atoms with Gasteiger partial charge in [0.05, 0.1) is 13.0 Å². The molecule has 0 spiro atoms. The van der Waals surface area contributed by atoms with E-state index in [0.717, 1.165) is 12.0 Å². The fraction of sp³-hybridized carbons (Fsp3) is 0.632. The van der Waals surface area contributed by atoms with Crippen LogP contribution in [-0.4, -0.2) is 12.6 Å². The van der Waals surface area contributed by atoms with Gasteiger partial charge in [-0.1, -0.05) is 88.6 Å². The highest BCUT2D eigenvalue weighted by Crippen LogP contribution is 2.09. The van der Waals surface area contributed by atoms with Gasteiger partial charge in [0.2, 0.25) is 0 Å². The van der Waals surface area contributed by atoms with Crippen molar-refractivity contribution in [2.24, 2.45) is 0 Å². The maximum Gasteiger partial charge on any atom is 0.310 e. The number of carbonyl (C=O) groups is 1. The van der Waals surface area contributed by atoms with Crippen molar-refractivity contribution in [2.75, 3.05) is 6.61 Å². The second kappa shape index (κ2) is 12.4. The Morgan fingerprint density at radius 3 is 2.05 bits per heavy atom. The van der Waals surface area contributed by atoms with Gasteiger partial charge in [-0.15, -0.1) is 0 Å². The zero-order valence-electron chi connectivity index (χ0n) is 13.5. The fourth-order valence-electron chi connectivity index (χ4n) is 2.41. The average Bonchev–Trinajstić information content (AvgIpc) is 2.50. The highest BCUT2D eigenvalue weighted by Gasteiger charge is 2.03. The predicted octanol–water partition coefficient (Wildman–Crippen LogP) is 5.30. The van der Waals surface area contributed by atoms with Gasteiger partial charge >= 0.3 is 5.97 Å². The summed E-state index contributed by atoms with van der Waals surface area (Å²) in [6.07, 6.45) is 11.9. The van der Waals surface area contributed by atoms with Crippen LogP contribution in [0.5, 0.6) is 0 Å². The van der Waals surface area contributed by atoms with Gasteiger partial charge in [-0.05, 0) is 12.0 Å². The molecule has 0 N–H and O–H groups in total. The molecule has 0 saturated heterocycles. The summed E-state index contributed by atoms with van der Waals surface area (Å²) in [6, 6.07) is 9.77. The molecule has 2 heteroatoms. The van der Waals surface area contributed by atoms with Crippen LogP contribution in [0.3, 0.4) is 0 Å². The van der Waals surface area contributed by atoms with E-state index in [4.69, 9.17) is 4.74 Å². The van der Waals surface area contributed by atoms with Crippen molar-refractivity contribution < 1.29 is 9.53 Å². The van der Waals surface area contributed by atoms with E-state index in [-0.39, 0.29) is 5.97 Å². The van der Waals surface area contributed by atoms with Crippen LogP contribution in [0.2, 0.25) is 0 Å². The van der Waals surface area contributed by atoms with E-state index < -0.39 is 0 Å². The fourth-order valence-corrected chi connectivity index (χ4v) is 2.41. The minimum Gasteiger partial charge on any atom is -0.465 e. The van der Waals surface area contributed by atoms with Crippen LogP contribution in [0, 0.1) is 0 Å². The van der Waals surface area contributed by atoms with Crippen LogP contribution in [0.25, 0.3) is 0 Å². The highest BCUT2D eigenvalue weighted by molar-refractivity contribution is 5.72. The summed E-state index contributed by atoms with van der Waals surface area (Å²) in [4.78, 5) is 11.6. The monoisotopic (exact) mass is 290 g/mol. The number of benzene rings is 1. The molecule has 21 heavy (non-hydrogen) atoms. The molecular formula is C19H30O2. The van der Waals surface area contributed by atoms with Crippen molar-refractivity contribution in [3.63, 3.8) is 0 Å². The number of esters is 1. The Balaban J connectivity index is 1.89. The lowest BCUT2D eigenvalue weighted by Gasteiger charge is -2.05. The zero-order chi connectivity index (χ0) is 15.2. The Bertz CT molecular complexity index is 359. The lowest BCUT2D eigenvalue weighted by Crippen LogP contribution is -2.08. The summed E-state index contributed by atoms with van der Waals surface area (Å²) < 4.78 is 5.27. The number of unbranched alkanes of at least 4 members (excludes halogenated alkanes) is 8. The van der Waals surface area contributed by atoms with Gasteiger partial charge in [0.25, 0.3) is 0 Å². The Labute approximate surface area is 129 Å². The second-order valence-electron chi connectivity index (χ2n) is 5.71. The summed E-state index contributed by atoms with van der Waals surface area (Å²) in [5, 5.41) is 0. The lowest BCUT2D eigenvalue weighted by molar-refractivity contribution is -0.142. The van der Waals surface area contributed by atoms with E-state index in [9.17, 15) is 4.79 Å². The third kappa shape index (κ3) is 10.1. The first-order chi connectivity index (χ1) is 10.3. The van der Waals surface area contributed by atoms with Crippen molar-refractivity contribution in [2.45, 2.75) is 71.1 Å². The van der Waals surface area contributed by atoms with Crippen LogP contribution in [-0.2, 0) is 16.0 Å². The highest BCUT2D eigenvalue weighted by atomic mass is 16.5. The molecule has 0 aliphatic rings. The molecule has 118 valence electrons. The minimum atomic E-state index is -0.110. The van der Waals surface area contributed by atoms with Crippen LogP contribution >= 0.6 is 0 Å². The summed E-state index contributed by atoms with van der Waals surface area (Å²) in [5.74, 6) is -0.110. The Morgan fingerprint density at radius 1 is 0.857 bits per heavy atom. The maximum absolute atomic E-state index is 11.6. The summed E-state index contributed by atoms with van der Waals surface area (Å²) in [7, 11) is 0. The quantitative estimate of drug-likeness (QED) is 0.385. The van der Waals surface area contributed by atoms with E-state index in [0.29, 0.717) is 13.0 Å². The molecular weight excluding hydrogens is 260 g/mol. The number of hydrogen-bond acceptors (Lipinski definition) is 2. The molecule has 0 amide bonds. The molecule has 0 aromatic heterocycles. The van der Waals surface area contributed by atoms with E-state index >= 15 is 0 Å². The van der Waals surface area contributed by atoms with E-state index in [1.807, 2.05) is 30.3 Å². The van der Waals surface area contributed by atoms with Gasteiger partial charge in [-0.2, -0.15) is 0 Å². The lowest BCUT2D eigenvalue weighted by atomic mass is 10.1. The SMILES string of the molecule is CCCCCCCCCCCOC(=O)Cc1ccccc1. The second-order valence-corrected chi connectivity index (χ2v) is 5.71. The first-order valence-electron chi connectivity index (χ1n) is 8.52. The molecule has 1 aromatic rings. The van der Waals surface area contributed by atoms with Gasteiger partial charge in [-0.25, -0.2) is 0 Å². The normalized spacial score (nSPS) is 10.5. The largest absolute Gasteiger partial charge is 0.465 e. The molecule has 0 heterocycles. The van der Waals surface area contributed by atoms with Crippen molar-refractivity contribution in [1.82, 2.24) is 0 Å². The van der Waals surface area contributed by atoms with E-state index in [2.05, 4.69) is 6.92 Å². The van der Waals surface area contributed by atoms with Crippen molar-refractivity contribution in [1.29, 1.82) is 0 Å². The third-order valence-corrected chi connectivity index (χ3v) is 3.70. The van der Waals surface area contributed by atoms with Gasteiger partial charge in [0.1, 0.15) is 0 Å². The van der Waals surface area contributed by atoms with Crippen molar-refractivity contribution in [3.8, 4) is 0 Å². The number of carbonyl (C=O) groups excluding carboxylic acids is 1. The standard InChI is InChI=1S/C19H30O2/c1-2-3-4-5-6-7-8-9-13-16-21-19(20)17-18-14-11-10-12-15-18/h10-12,14-15H,2-9,13,16-17H2,1H3. The topological polar surface area (TPSA) is 26.3 Å². The molecule has 2 nitrogen and oxygen atoms in total. The Hall–Kier alpha value is -1.31. The van der Waals surface area contributed by atoms with Crippen molar-refractivity contribution in [3.05, 3.63) is 35.9 Å². The zero-order valence-corrected chi connectivity index (χ0v) is 13.5. The average molecular weight is 290 g/mol. The van der Waals surface area contributed by atoms with E-state index in [1.54, 1.807) is 0 Å². The minimum absolute atomic E-state index is 0.110. The Morgan fingerprint density at radius 2 is 1.43 bits per heavy atom. The van der Waals surface area contributed by atoms with Gasteiger partial charge in [-0.3, -0.25) is 4.79 Å². The van der Waals surface area contributed by atoms with Crippen LogP contribution < -0.4 is 0 Å². The molecule has 0 atom stereocenters. The summed E-state index contributed by atoms with van der Waals surface area (Å²) >= 11 is 0. The van der Waals surface area contributed by atoms with Crippen LogP contribution in [0.1, 0.15) is 70.3 Å². The van der Waals surface area contributed by atoms with Gasteiger partial charge in [0.15, 0.2) is 0 Å². The Kier molecular flexibility index (Phi) is 10.5. The van der Waals surface area contributed by atoms with Crippen molar-refractivity contribution >= 4 is 5.97 Å². The smallest absolute Gasteiger partial charge is 0.310 e. The first-order valence-corrected chi connectivity index (χ1v) is 8.52. The first kappa shape index (κ1) is 17.7. The number of ether oxygens (including phenoxy) is 1. The molecule has 0 unspecified atom stereocenters. The molecule has 1 rings (SSSR count). The molecule has 0 saturated carbocycles. The maximum atomic E-state index is 11.6. The van der Waals surface area contributed by atoms with Gasteiger partial charge < -0.3 is 4.74 Å².